The second-order valence-corrected chi connectivity index (χ2v) is 4.37. The number of alkyl halides is 1. The number of rotatable bonds is 1. The van der Waals surface area contributed by atoms with Crippen LogP contribution in [0, 0.1) is 0 Å². The molecule has 0 aromatic heterocycles. The molecule has 1 unspecified atom stereocenters. The highest BCUT2D eigenvalue weighted by molar-refractivity contribution is 9.10. The van der Waals surface area contributed by atoms with Crippen LogP contribution in [0.2, 0.25) is 0 Å². The van der Waals surface area contributed by atoms with Crippen LogP contribution in [-0.4, -0.2) is 40.8 Å². The molecule has 2 fully saturated rings. The van der Waals surface area contributed by atoms with Crippen molar-refractivity contribution in [1.82, 2.24) is 4.90 Å². The van der Waals surface area contributed by atoms with Gasteiger partial charge >= 0.3 is 5.97 Å². The summed E-state index contributed by atoms with van der Waals surface area (Å²) >= 11 is 3.27. The SMILES string of the molecule is O=C1OCCC1N1CC[C@@H](Br)C1=O. The number of halogens is 1. The molecule has 2 heterocycles. The zero-order valence-corrected chi connectivity index (χ0v) is 8.62. The van der Waals surface area contributed by atoms with Crippen LogP contribution in [0.15, 0.2) is 0 Å². The Labute approximate surface area is 84.3 Å². The van der Waals surface area contributed by atoms with Crippen molar-refractivity contribution >= 4 is 27.8 Å². The van der Waals surface area contributed by atoms with Crippen LogP contribution in [-0.2, 0) is 14.3 Å². The van der Waals surface area contributed by atoms with Crippen LogP contribution < -0.4 is 0 Å². The molecule has 0 spiro atoms. The van der Waals surface area contributed by atoms with E-state index in [9.17, 15) is 9.59 Å². The molecule has 0 radical (unpaired) electrons. The molecule has 72 valence electrons. The minimum Gasteiger partial charge on any atom is -0.464 e. The van der Waals surface area contributed by atoms with Crippen molar-refractivity contribution in [2.24, 2.45) is 0 Å². The van der Waals surface area contributed by atoms with E-state index in [1.54, 1.807) is 4.90 Å². The number of hydrogen-bond donors (Lipinski definition) is 0. The summed E-state index contributed by atoms with van der Waals surface area (Å²) in [4.78, 5) is 24.2. The fourth-order valence-electron chi connectivity index (χ4n) is 1.74. The minimum atomic E-state index is -0.324. The summed E-state index contributed by atoms with van der Waals surface area (Å²) in [5, 5.41) is 0. The van der Waals surface area contributed by atoms with Crippen molar-refractivity contribution < 1.29 is 14.3 Å². The lowest BCUT2D eigenvalue weighted by atomic mass is 10.2. The lowest BCUT2D eigenvalue weighted by Crippen LogP contribution is -2.40. The first-order valence-electron chi connectivity index (χ1n) is 4.31. The Morgan fingerprint density at radius 2 is 2.15 bits per heavy atom. The summed E-state index contributed by atoms with van der Waals surface area (Å²) in [6, 6.07) is -0.324. The number of likely N-dealkylation sites (tertiary alicyclic amines) is 1. The first-order valence-corrected chi connectivity index (χ1v) is 5.23. The summed E-state index contributed by atoms with van der Waals surface area (Å²) in [6.07, 6.45) is 1.42. The molecular formula is C8H10BrNO3. The van der Waals surface area contributed by atoms with Crippen LogP contribution in [0.4, 0.5) is 0 Å². The van der Waals surface area contributed by atoms with E-state index in [1.165, 1.54) is 0 Å². The third kappa shape index (κ3) is 1.45. The molecule has 0 aliphatic carbocycles. The molecule has 2 aliphatic heterocycles. The van der Waals surface area contributed by atoms with Crippen molar-refractivity contribution in [3.63, 3.8) is 0 Å². The van der Waals surface area contributed by atoms with Crippen LogP contribution in [0.25, 0.3) is 0 Å². The van der Waals surface area contributed by atoms with Gasteiger partial charge in [0.25, 0.3) is 0 Å². The number of nitrogens with zero attached hydrogens (tertiary/aromatic N) is 1. The standard InChI is InChI=1S/C8H10BrNO3/c9-5-1-3-10(7(5)11)6-2-4-13-8(6)12/h5-6H,1-4H2/t5-,6?/m1/s1. The second-order valence-electron chi connectivity index (χ2n) is 3.26. The summed E-state index contributed by atoms with van der Waals surface area (Å²) < 4.78 is 4.81. The number of cyclic esters (lactones) is 1. The topological polar surface area (TPSA) is 46.6 Å². The van der Waals surface area contributed by atoms with Gasteiger partial charge in [0.1, 0.15) is 6.04 Å². The smallest absolute Gasteiger partial charge is 0.328 e. The van der Waals surface area contributed by atoms with Crippen molar-refractivity contribution in [1.29, 1.82) is 0 Å². The van der Waals surface area contributed by atoms with Crippen molar-refractivity contribution in [3.8, 4) is 0 Å². The Morgan fingerprint density at radius 3 is 2.62 bits per heavy atom. The highest BCUT2D eigenvalue weighted by atomic mass is 79.9. The van der Waals surface area contributed by atoms with E-state index in [1.807, 2.05) is 0 Å². The molecule has 0 aromatic rings. The molecule has 13 heavy (non-hydrogen) atoms. The van der Waals surface area contributed by atoms with E-state index in [-0.39, 0.29) is 22.7 Å². The maximum absolute atomic E-state index is 11.5. The maximum Gasteiger partial charge on any atom is 0.328 e. The zero-order valence-electron chi connectivity index (χ0n) is 7.03. The van der Waals surface area contributed by atoms with E-state index in [4.69, 9.17) is 4.74 Å². The number of carbonyl (C=O) groups is 2. The molecule has 2 aliphatic rings. The van der Waals surface area contributed by atoms with Crippen LogP contribution in [0.5, 0.6) is 0 Å². The van der Waals surface area contributed by atoms with Gasteiger partial charge in [0.2, 0.25) is 5.91 Å². The Morgan fingerprint density at radius 1 is 1.38 bits per heavy atom. The van der Waals surface area contributed by atoms with Gasteiger partial charge < -0.3 is 9.64 Å². The quantitative estimate of drug-likeness (QED) is 0.495. The highest BCUT2D eigenvalue weighted by Gasteiger charge is 2.40. The first kappa shape index (κ1) is 8.99. The third-order valence-electron chi connectivity index (χ3n) is 2.46. The monoisotopic (exact) mass is 247 g/mol. The van der Waals surface area contributed by atoms with Gasteiger partial charge in [0.05, 0.1) is 11.4 Å². The lowest BCUT2D eigenvalue weighted by molar-refractivity contribution is -0.146. The fraction of sp³-hybridized carbons (Fsp3) is 0.750. The summed E-state index contributed by atoms with van der Waals surface area (Å²) in [5.74, 6) is -0.237. The predicted molar refractivity (Wildman–Crippen MR) is 48.4 cm³/mol. The first-order chi connectivity index (χ1) is 6.20. The molecule has 2 rings (SSSR count). The van der Waals surface area contributed by atoms with Gasteiger partial charge in [0, 0.05) is 13.0 Å². The van der Waals surface area contributed by atoms with E-state index in [0.29, 0.717) is 19.6 Å². The van der Waals surface area contributed by atoms with Gasteiger partial charge in [-0.3, -0.25) is 4.79 Å². The van der Waals surface area contributed by atoms with E-state index in [0.717, 1.165) is 6.42 Å². The average molecular weight is 248 g/mol. The van der Waals surface area contributed by atoms with E-state index < -0.39 is 0 Å². The largest absolute Gasteiger partial charge is 0.464 e. The number of carbonyl (C=O) groups excluding carboxylic acids is 2. The van der Waals surface area contributed by atoms with E-state index in [2.05, 4.69) is 15.9 Å². The molecule has 2 saturated heterocycles. The Bertz CT molecular complexity index is 256. The van der Waals surface area contributed by atoms with Gasteiger partial charge in [-0.15, -0.1) is 0 Å². The molecule has 0 N–H and O–H groups in total. The van der Waals surface area contributed by atoms with Crippen LogP contribution >= 0.6 is 15.9 Å². The molecule has 0 saturated carbocycles. The Kier molecular flexibility index (Phi) is 2.27. The molecule has 0 bridgehead atoms. The van der Waals surface area contributed by atoms with Crippen molar-refractivity contribution in [3.05, 3.63) is 0 Å². The lowest BCUT2D eigenvalue weighted by Gasteiger charge is -2.19. The summed E-state index contributed by atoms with van der Waals surface area (Å²) in [7, 11) is 0. The number of ether oxygens (including phenoxy) is 1. The minimum absolute atomic E-state index is 0.0175. The maximum atomic E-state index is 11.5. The zero-order chi connectivity index (χ0) is 9.42. The van der Waals surface area contributed by atoms with E-state index >= 15 is 0 Å². The molecule has 1 amide bonds. The van der Waals surface area contributed by atoms with Crippen LogP contribution in [0.1, 0.15) is 12.8 Å². The second kappa shape index (κ2) is 3.29. The summed E-state index contributed by atoms with van der Waals surface area (Å²) in [5.41, 5.74) is 0. The predicted octanol–water partition coefficient (Wildman–Crippen LogP) is 0.298. The average Bonchev–Trinajstić information content (AvgIpc) is 2.62. The van der Waals surface area contributed by atoms with Gasteiger partial charge in [-0.2, -0.15) is 0 Å². The number of amides is 1. The third-order valence-corrected chi connectivity index (χ3v) is 3.31. The van der Waals surface area contributed by atoms with Gasteiger partial charge in [-0.25, -0.2) is 4.79 Å². The number of esters is 1. The van der Waals surface area contributed by atoms with Crippen LogP contribution in [0.3, 0.4) is 0 Å². The van der Waals surface area contributed by atoms with Crippen molar-refractivity contribution in [2.45, 2.75) is 23.7 Å². The Balaban J connectivity index is 2.09. The summed E-state index contributed by atoms with van der Waals surface area (Å²) in [6.45, 7) is 1.11. The van der Waals surface area contributed by atoms with Gasteiger partial charge in [-0.05, 0) is 6.42 Å². The van der Waals surface area contributed by atoms with Gasteiger partial charge in [-0.1, -0.05) is 15.9 Å². The Hall–Kier alpha value is -0.580. The van der Waals surface area contributed by atoms with Gasteiger partial charge in [0.15, 0.2) is 0 Å². The molecular weight excluding hydrogens is 238 g/mol. The normalized spacial score (nSPS) is 34.1. The molecule has 2 atom stereocenters. The molecule has 4 nitrogen and oxygen atoms in total. The number of hydrogen-bond acceptors (Lipinski definition) is 3. The highest BCUT2D eigenvalue weighted by Crippen LogP contribution is 2.24. The molecule has 0 aromatic carbocycles. The fourth-order valence-corrected chi connectivity index (χ4v) is 2.21. The molecule has 5 heteroatoms. The van der Waals surface area contributed by atoms with Crippen molar-refractivity contribution in [2.75, 3.05) is 13.2 Å².